The van der Waals surface area contributed by atoms with Crippen LogP contribution < -0.4 is 0 Å². The summed E-state index contributed by atoms with van der Waals surface area (Å²) in [5.74, 6) is 1.55. The molecular weight excluding hydrogens is 245 g/mol. The Labute approximate surface area is 104 Å². The summed E-state index contributed by atoms with van der Waals surface area (Å²) in [6.07, 6.45) is 1.93. The van der Waals surface area contributed by atoms with E-state index < -0.39 is 0 Å². The van der Waals surface area contributed by atoms with Gasteiger partial charge in [-0.15, -0.1) is 0 Å². The molecule has 0 fully saturated rings. The molecule has 16 heavy (non-hydrogen) atoms. The third kappa shape index (κ3) is 2.36. The van der Waals surface area contributed by atoms with Gasteiger partial charge in [-0.2, -0.15) is 5.10 Å². The van der Waals surface area contributed by atoms with Crippen LogP contribution in [0.2, 0.25) is 10.0 Å². The van der Waals surface area contributed by atoms with Crippen LogP contribution >= 0.6 is 23.2 Å². The van der Waals surface area contributed by atoms with Crippen molar-refractivity contribution in [3.8, 4) is 11.4 Å². The molecule has 0 spiro atoms. The van der Waals surface area contributed by atoms with Gasteiger partial charge in [0.05, 0.1) is 10.0 Å². The number of nitrogens with zero attached hydrogens (tertiary/aromatic N) is 2. The third-order valence-corrected chi connectivity index (χ3v) is 2.94. The molecule has 0 unspecified atom stereocenters. The lowest BCUT2D eigenvalue weighted by Gasteiger charge is -1.97. The van der Waals surface area contributed by atoms with Gasteiger partial charge in [-0.1, -0.05) is 30.1 Å². The zero-order chi connectivity index (χ0) is 11.5. The van der Waals surface area contributed by atoms with Crippen molar-refractivity contribution in [2.75, 3.05) is 0 Å². The van der Waals surface area contributed by atoms with Crippen LogP contribution in [0.25, 0.3) is 11.4 Å². The number of rotatable bonds is 3. The fourth-order valence-electron chi connectivity index (χ4n) is 1.41. The average Bonchev–Trinajstić information content (AvgIpc) is 2.71. The highest BCUT2D eigenvalue weighted by Crippen LogP contribution is 2.26. The third-order valence-electron chi connectivity index (χ3n) is 2.20. The standard InChI is InChI=1S/C11H11Cl2N3/c1-2-3-10-14-11(16-15-10)7-4-5-8(12)9(13)6-7/h4-6H,2-3H2,1H3,(H,14,15,16). The molecule has 0 aliphatic rings. The molecule has 0 amide bonds. The van der Waals surface area contributed by atoms with Crippen molar-refractivity contribution in [3.05, 3.63) is 34.1 Å². The van der Waals surface area contributed by atoms with E-state index in [2.05, 4.69) is 22.1 Å². The highest BCUT2D eigenvalue weighted by Gasteiger charge is 2.07. The maximum atomic E-state index is 5.93. The Balaban J connectivity index is 2.31. The summed E-state index contributed by atoms with van der Waals surface area (Å²) in [7, 11) is 0. The van der Waals surface area contributed by atoms with Crippen LogP contribution in [-0.4, -0.2) is 15.2 Å². The van der Waals surface area contributed by atoms with Crippen molar-refractivity contribution in [3.63, 3.8) is 0 Å². The Morgan fingerprint density at radius 3 is 2.75 bits per heavy atom. The summed E-state index contributed by atoms with van der Waals surface area (Å²) >= 11 is 11.8. The maximum absolute atomic E-state index is 5.93. The molecule has 1 aromatic heterocycles. The molecule has 0 aliphatic heterocycles. The Morgan fingerprint density at radius 1 is 1.25 bits per heavy atom. The van der Waals surface area contributed by atoms with E-state index in [0.29, 0.717) is 15.9 Å². The van der Waals surface area contributed by atoms with Crippen LogP contribution in [0.5, 0.6) is 0 Å². The normalized spacial score (nSPS) is 10.7. The summed E-state index contributed by atoms with van der Waals surface area (Å²) < 4.78 is 0. The Bertz CT molecular complexity index is 494. The number of aryl methyl sites for hydroxylation is 1. The van der Waals surface area contributed by atoms with Crippen LogP contribution in [0.1, 0.15) is 19.2 Å². The number of hydrogen-bond acceptors (Lipinski definition) is 2. The van der Waals surface area contributed by atoms with Gasteiger partial charge in [0.1, 0.15) is 5.82 Å². The summed E-state index contributed by atoms with van der Waals surface area (Å²) in [4.78, 5) is 4.37. The molecule has 2 aromatic rings. The largest absolute Gasteiger partial charge is 0.263 e. The van der Waals surface area contributed by atoms with Gasteiger partial charge in [0, 0.05) is 12.0 Å². The van der Waals surface area contributed by atoms with Crippen LogP contribution in [0.3, 0.4) is 0 Å². The number of hydrogen-bond donors (Lipinski definition) is 1. The predicted molar refractivity (Wildman–Crippen MR) is 65.8 cm³/mol. The van der Waals surface area contributed by atoms with Crippen molar-refractivity contribution in [1.82, 2.24) is 15.2 Å². The van der Waals surface area contributed by atoms with Crippen LogP contribution in [0, 0.1) is 0 Å². The minimum absolute atomic E-state index is 0.515. The van der Waals surface area contributed by atoms with Crippen LogP contribution in [-0.2, 0) is 6.42 Å². The molecule has 0 radical (unpaired) electrons. The van der Waals surface area contributed by atoms with Crippen LogP contribution in [0.15, 0.2) is 18.2 Å². The van der Waals surface area contributed by atoms with Gasteiger partial charge < -0.3 is 0 Å². The first kappa shape index (κ1) is 11.4. The SMILES string of the molecule is CCCc1nc(-c2ccc(Cl)c(Cl)c2)n[nH]1. The minimum Gasteiger partial charge on any atom is -0.263 e. The predicted octanol–water partition coefficient (Wildman–Crippen LogP) is 3.73. The molecule has 1 N–H and O–H groups in total. The lowest BCUT2D eigenvalue weighted by Crippen LogP contribution is -1.85. The first-order valence-electron chi connectivity index (χ1n) is 5.07. The number of aromatic nitrogens is 3. The second-order valence-electron chi connectivity index (χ2n) is 3.48. The number of nitrogens with one attached hydrogen (secondary N) is 1. The monoisotopic (exact) mass is 255 g/mol. The van der Waals surface area contributed by atoms with E-state index in [9.17, 15) is 0 Å². The summed E-state index contributed by atoms with van der Waals surface area (Å²) in [5, 5.41) is 8.09. The molecule has 2 rings (SSSR count). The number of aromatic amines is 1. The lowest BCUT2D eigenvalue weighted by atomic mass is 10.2. The molecular formula is C11H11Cl2N3. The molecule has 3 nitrogen and oxygen atoms in total. The van der Waals surface area contributed by atoms with Crippen molar-refractivity contribution in [2.45, 2.75) is 19.8 Å². The van der Waals surface area contributed by atoms with Gasteiger partial charge in [0.25, 0.3) is 0 Å². The van der Waals surface area contributed by atoms with E-state index in [4.69, 9.17) is 23.2 Å². The Hall–Kier alpha value is -1.06. The first-order chi connectivity index (χ1) is 7.70. The van der Waals surface area contributed by atoms with Crippen molar-refractivity contribution >= 4 is 23.2 Å². The van der Waals surface area contributed by atoms with Crippen molar-refractivity contribution in [1.29, 1.82) is 0 Å². The van der Waals surface area contributed by atoms with Gasteiger partial charge in [-0.25, -0.2) is 4.98 Å². The van der Waals surface area contributed by atoms with Gasteiger partial charge in [0.2, 0.25) is 0 Å². The maximum Gasteiger partial charge on any atom is 0.181 e. The molecule has 0 saturated heterocycles. The number of halogens is 2. The summed E-state index contributed by atoms with van der Waals surface area (Å²) in [5.41, 5.74) is 0.869. The van der Waals surface area contributed by atoms with Crippen LogP contribution in [0.4, 0.5) is 0 Å². The summed E-state index contributed by atoms with van der Waals surface area (Å²) in [6.45, 7) is 2.10. The second kappa shape index (κ2) is 4.85. The number of H-pyrrole nitrogens is 1. The lowest BCUT2D eigenvalue weighted by molar-refractivity contribution is 0.841. The molecule has 1 heterocycles. The zero-order valence-electron chi connectivity index (χ0n) is 8.80. The van der Waals surface area contributed by atoms with E-state index in [-0.39, 0.29) is 0 Å². The van der Waals surface area contributed by atoms with E-state index >= 15 is 0 Å². The molecule has 0 saturated carbocycles. The van der Waals surface area contributed by atoms with E-state index in [1.54, 1.807) is 12.1 Å². The highest BCUT2D eigenvalue weighted by atomic mass is 35.5. The molecule has 0 bridgehead atoms. The van der Waals surface area contributed by atoms with E-state index in [1.165, 1.54) is 0 Å². The zero-order valence-corrected chi connectivity index (χ0v) is 10.3. The van der Waals surface area contributed by atoms with Gasteiger partial charge in [0.15, 0.2) is 5.82 Å². The minimum atomic E-state index is 0.515. The van der Waals surface area contributed by atoms with Crippen molar-refractivity contribution in [2.24, 2.45) is 0 Å². The molecule has 84 valence electrons. The first-order valence-corrected chi connectivity index (χ1v) is 5.83. The Morgan fingerprint density at radius 2 is 2.06 bits per heavy atom. The fourth-order valence-corrected chi connectivity index (χ4v) is 1.71. The molecule has 5 heteroatoms. The summed E-state index contributed by atoms with van der Waals surface area (Å²) in [6, 6.07) is 5.37. The van der Waals surface area contributed by atoms with E-state index in [1.807, 2.05) is 6.07 Å². The fraction of sp³-hybridized carbons (Fsp3) is 0.273. The Kier molecular flexibility index (Phi) is 3.46. The van der Waals surface area contributed by atoms with Gasteiger partial charge in [-0.05, 0) is 24.6 Å². The highest BCUT2D eigenvalue weighted by molar-refractivity contribution is 6.42. The number of benzene rings is 1. The topological polar surface area (TPSA) is 41.6 Å². The van der Waals surface area contributed by atoms with Crippen molar-refractivity contribution < 1.29 is 0 Å². The van der Waals surface area contributed by atoms with Gasteiger partial charge in [-0.3, -0.25) is 5.10 Å². The van der Waals surface area contributed by atoms with E-state index in [0.717, 1.165) is 24.2 Å². The molecule has 0 aliphatic carbocycles. The second-order valence-corrected chi connectivity index (χ2v) is 4.30. The molecule has 1 aromatic carbocycles. The average molecular weight is 256 g/mol. The smallest absolute Gasteiger partial charge is 0.181 e. The molecule has 0 atom stereocenters. The van der Waals surface area contributed by atoms with Gasteiger partial charge >= 0.3 is 0 Å². The quantitative estimate of drug-likeness (QED) is 0.908.